The van der Waals surface area contributed by atoms with Crippen molar-refractivity contribution >= 4 is 5.95 Å². The molecule has 2 rings (SSSR count). The van der Waals surface area contributed by atoms with Crippen LogP contribution in [0.15, 0.2) is 24.5 Å². The highest BCUT2D eigenvalue weighted by Gasteiger charge is 2.07. The molecule has 0 fully saturated rings. The fraction of sp³-hybridized carbons (Fsp3) is 0.364. The number of methoxy groups -OCH3 is 1. The zero-order valence-electron chi connectivity index (χ0n) is 9.84. The molecule has 2 aromatic rings. The number of ether oxygens (including phenoxy) is 1. The minimum atomic E-state index is 0.164. The summed E-state index contributed by atoms with van der Waals surface area (Å²) in [6, 6.07) is 3.95. The van der Waals surface area contributed by atoms with Crippen LogP contribution >= 0.6 is 0 Å². The van der Waals surface area contributed by atoms with Crippen molar-refractivity contribution in [1.29, 1.82) is 0 Å². The molecule has 0 aromatic carbocycles. The second kappa shape index (κ2) is 5.40. The van der Waals surface area contributed by atoms with Crippen LogP contribution in [0.5, 0.6) is 0 Å². The maximum Gasteiger partial charge on any atom is 0.242 e. The Bertz CT molecular complexity index is 456. The first kappa shape index (κ1) is 11.5. The van der Waals surface area contributed by atoms with E-state index < -0.39 is 0 Å². The van der Waals surface area contributed by atoms with Crippen molar-refractivity contribution < 1.29 is 4.74 Å². The summed E-state index contributed by atoms with van der Waals surface area (Å²) in [7, 11) is 1.66. The van der Waals surface area contributed by atoms with Gasteiger partial charge >= 0.3 is 0 Å². The monoisotopic (exact) mass is 233 g/mol. The predicted molar refractivity (Wildman–Crippen MR) is 64.6 cm³/mol. The van der Waals surface area contributed by atoms with Crippen LogP contribution in [0, 0.1) is 0 Å². The lowest BCUT2D eigenvalue weighted by molar-refractivity contribution is 0.190. The molecule has 2 aromatic heterocycles. The normalized spacial score (nSPS) is 12.4. The summed E-state index contributed by atoms with van der Waals surface area (Å²) in [4.78, 5) is 8.36. The van der Waals surface area contributed by atoms with E-state index in [0.717, 1.165) is 5.56 Å². The van der Waals surface area contributed by atoms with E-state index in [9.17, 15) is 0 Å². The zero-order chi connectivity index (χ0) is 12.1. The first-order chi connectivity index (χ1) is 8.29. The largest absolute Gasteiger partial charge is 0.383 e. The summed E-state index contributed by atoms with van der Waals surface area (Å²) in [6.45, 7) is 2.61. The maximum absolute atomic E-state index is 5.03. The Morgan fingerprint density at radius 1 is 1.53 bits per heavy atom. The lowest BCUT2D eigenvalue weighted by Crippen LogP contribution is -2.21. The SMILES string of the molecule is COCC(C)Nc1n[nH]c(-c2cccnc2)n1. The van der Waals surface area contributed by atoms with Gasteiger partial charge in [-0.05, 0) is 19.1 Å². The van der Waals surface area contributed by atoms with Crippen LogP contribution < -0.4 is 5.32 Å². The van der Waals surface area contributed by atoms with E-state index >= 15 is 0 Å². The van der Waals surface area contributed by atoms with Gasteiger partial charge in [0.25, 0.3) is 0 Å². The van der Waals surface area contributed by atoms with Crippen molar-refractivity contribution in [3.63, 3.8) is 0 Å². The van der Waals surface area contributed by atoms with Crippen LogP contribution in [-0.4, -0.2) is 39.9 Å². The zero-order valence-corrected chi connectivity index (χ0v) is 9.84. The molecule has 0 saturated heterocycles. The maximum atomic E-state index is 5.03. The molecule has 2 N–H and O–H groups in total. The molecule has 90 valence electrons. The van der Waals surface area contributed by atoms with Gasteiger partial charge in [0, 0.05) is 31.1 Å². The van der Waals surface area contributed by atoms with Gasteiger partial charge in [-0.2, -0.15) is 4.98 Å². The highest BCUT2D eigenvalue weighted by molar-refractivity contribution is 5.54. The molecule has 17 heavy (non-hydrogen) atoms. The van der Waals surface area contributed by atoms with Crippen LogP contribution in [-0.2, 0) is 4.74 Å². The third-order valence-electron chi connectivity index (χ3n) is 2.21. The van der Waals surface area contributed by atoms with Gasteiger partial charge in [0.15, 0.2) is 5.82 Å². The molecular weight excluding hydrogens is 218 g/mol. The van der Waals surface area contributed by atoms with Gasteiger partial charge in [0.2, 0.25) is 5.95 Å². The lowest BCUT2D eigenvalue weighted by Gasteiger charge is -2.09. The van der Waals surface area contributed by atoms with E-state index in [1.165, 1.54) is 0 Å². The van der Waals surface area contributed by atoms with Crippen molar-refractivity contribution in [2.75, 3.05) is 19.0 Å². The number of rotatable bonds is 5. The van der Waals surface area contributed by atoms with Gasteiger partial charge in [0.05, 0.1) is 6.61 Å². The Labute approximate surface area is 99.4 Å². The fourth-order valence-electron chi connectivity index (χ4n) is 1.47. The van der Waals surface area contributed by atoms with Crippen LogP contribution in [0.25, 0.3) is 11.4 Å². The van der Waals surface area contributed by atoms with Gasteiger partial charge in [-0.15, -0.1) is 5.10 Å². The Kier molecular flexibility index (Phi) is 3.66. The average molecular weight is 233 g/mol. The third-order valence-corrected chi connectivity index (χ3v) is 2.21. The summed E-state index contributed by atoms with van der Waals surface area (Å²) < 4.78 is 5.03. The van der Waals surface area contributed by atoms with Crippen molar-refractivity contribution in [2.45, 2.75) is 13.0 Å². The molecule has 1 unspecified atom stereocenters. The molecule has 0 bridgehead atoms. The van der Waals surface area contributed by atoms with Crippen LogP contribution in [0.3, 0.4) is 0 Å². The van der Waals surface area contributed by atoms with Crippen molar-refractivity contribution in [1.82, 2.24) is 20.2 Å². The summed E-state index contributed by atoms with van der Waals surface area (Å²) in [5, 5.41) is 10.1. The van der Waals surface area contributed by atoms with E-state index in [2.05, 4.69) is 25.5 Å². The topological polar surface area (TPSA) is 75.7 Å². The summed E-state index contributed by atoms with van der Waals surface area (Å²) in [5.41, 5.74) is 0.910. The standard InChI is InChI=1S/C11H15N5O/c1-8(7-17-2)13-11-14-10(15-16-11)9-4-3-5-12-6-9/h3-6,8H,7H2,1-2H3,(H2,13,14,15,16). The van der Waals surface area contributed by atoms with E-state index in [1.54, 1.807) is 19.5 Å². The van der Waals surface area contributed by atoms with Crippen molar-refractivity contribution in [3.8, 4) is 11.4 Å². The number of anilines is 1. The Hall–Kier alpha value is -1.95. The number of hydrogen-bond donors (Lipinski definition) is 2. The number of aromatic nitrogens is 4. The lowest BCUT2D eigenvalue weighted by atomic mass is 10.3. The minimum Gasteiger partial charge on any atom is -0.383 e. The Morgan fingerprint density at radius 3 is 3.12 bits per heavy atom. The van der Waals surface area contributed by atoms with Gasteiger partial charge in [-0.3, -0.25) is 10.1 Å². The first-order valence-electron chi connectivity index (χ1n) is 5.38. The number of hydrogen-bond acceptors (Lipinski definition) is 5. The number of nitrogens with one attached hydrogen (secondary N) is 2. The summed E-state index contributed by atoms with van der Waals surface area (Å²) in [5.74, 6) is 1.26. The van der Waals surface area contributed by atoms with E-state index in [1.807, 2.05) is 19.1 Å². The van der Waals surface area contributed by atoms with Crippen molar-refractivity contribution in [2.24, 2.45) is 0 Å². The second-order valence-electron chi connectivity index (χ2n) is 3.75. The molecule has 0 aliphatic carbocycles. The highest BCUT2D eigenvalue weighted by atomic mass is 16.5. The number of aromatic amines is 1. The minimum absolute atomic E-state index is 0.164. The van der Waals surface area contributed by atoms with Crippen LogP contribution in [0.2, 0.25) is 0 Å². The third kappa shape index (κ3) is 3.01. The predicted octanol–water partition coefficient (Wildman–Crippen LogP) is 1.31. The van der Waals surface area contributed by atoms with E-state index in [0.29, 0.717) is 18.4 Å². The molecule has 6 nitrogen and oxygen atoms in total. The quantitative estimate of drug-likeness (QED) is 0.814. The van der Waals surface area contributed by atoms with Crippen LogP contribution in [0.4, 0.5) is 5.95 Å². The van der Waals surface area contributed by atoms with Gasteiger partial charge < -0.3 is 10.1 Å². The molecule has 0 aliphatic rings. The molecule has 0 amide bonds. The average Bonchev–Trinajstić information content (AvgIpc) is 2.79. The van der Waals surface area contributed by atoms with Gasteiger partial charge in [-0.1, -0.05) is 0 Å². The number of nitrogens with zero attached hydrogens (tertiary/aromatic N) is 3. The summed E-state index contributed by atoms with van der Waals surface area (Å²) in [6.07, 6.45) is 3.46. The highest BCUT2D eigenvalue weighted by Crippen LogP contribution is 2.13. The second-order valence-corrected chi connectivity index (χ2v) is 3.75. The smallest absolute Gasteiger partial charge is 0.242 e. The molecule has 6 heteroatoms. The fourth-order valence-corrected chi connectivity index (χ4v) is 1.47. The van der Waals surface area contributed by atoms with E-state index in [4.69, 9.17) is 4.74 Å². The number of H-pyrrole nitrogens is 1. The first-order valence-corrected chi connectivity index (χ1v) is 5.38. The molecule has 0 radical (unpaired) electrons. The molecule has 1 atom stereocenters. The molecular formula is C11H15N5O. The molecule has 2 heterocycles. The Balaban J connectivity index is 2.06. The number of pyridine rings is 1. The van der Waals surface area contributed by atoms with Gasteiger partial charge in [-0.25, -0.2) is 0 Å². The molecule has 0 spiro atoms. The van der Waals surface area contributed by atoms with Crippen molar-refractivity contribution in [3.05, 3.63) is 24.5 Å². The summed E-state index contributed by atoms with van der Waals surface area (Å²) >= 11 is 0. The molecule has 0 saturated carbocycles. The molecule has 0 aliphatic heterocycles. The van der Waals surface area contributed by atoms with Gasteiger partial charge in [0.1, 0.15) is 0 Å². The Morgan fingerprint density at radius 2 is 2.41 bits per heavy atom. The van der Waals surface area contributed by atoms with E-state index in [-0.39, 0.29) is 6.04 Å². The van der Waals surface area contributed by atoms with Crippen LogP contribution in [0.1, 0.15) is 6.92 Å².